The molecule has 0 atom stereocenters. The largest absolute Gasteiger partial charge is 0.309 e. The highest BCUT2D eigenvalue weighted by atomic mass is 15.1. The topological polar surface area (TPSA) is 35.6 Å². The average Bonchev–Trinajstić information content (AvgIpc) is 3.77. The van der Waals surface area contributed by atoms with Gasteiger partial charge in [0.25, 0.3) is 0 Å². The van der Waals surface area contributed by atoms with Crippen LogP contribution in [0.4, 0.5) is 0 Å². The summed E-state index contributed by atoms with van der Waals surface area (Å²) in [4.78, 5) is 10.8. The van der Waals surface area contributed by atoms with E-state index in [-0.39, 0.29) is 0 Å². The zero-order valence-corrected chi connectivity index (χ0v) is 30.3. The Hall–Kier alpha value is -7.56. The molecule has 0 unspecified atom stereocenters. The van der Waals surface area contributed by atoms with Crippen molar-refractivity contribution in [2.75, 3.05) is 0 Å². The Balaban J connectivity index is 1.16. The maximum atomic E-state index is 5.56. The predicted molar refractivity (Wildman–Crippen MR) is 234 cm³/mol. The second kappa shape index (κ2) is 12.0. The van der Waals surface area contributed by atoms with Crippen LogP contribution in [0, 0.1) is 0 Å². The van der Waals surface area contributed by atoms with Crippen molar-refractivity contribution in [1.29, 1.82) is 0 Å². The number of fused-ring (bicyclic) bond motifs is 10. The van der Waals surface area contributed by atoms with E-state index in [0.29, 0.717) is 5.82 Å². The van der Waals surface area contributed by atoms with Gasteiger partial charge in [0, 0.05) is 38.2 Å². The molecule has 0 aliphatic rings. The molecule has 4 heteroatoms. The number of hydrogen-bond acceptors (Lipinski definition) is 2. The highest BCUT2D eigenvalue weighted by Gasteiger charge is 2.21. The van der Waals surface area contributed by atoms with E-state index in [2.05, 4.69) is 203 Å². The zero-order valence-electron chi connectivity index (χ0n) is 30.3. The van der Waals surface area contributed by atoms with Crippen LogP contribution in [-0.2, 0) is 0 Å². The van der Waals surface area contributed by atoms with Gasteiger partial charge < -0.3 is 4.57 Å². The van der Waals surface area contributed by atoms with Crippen LogP contribution < -0.4 is 0 Å². The first kappa shape index (κ1) is 30.9. The van der Waals surface area contributed by atoms with E-state index in [1.54, 1.807) is 0 Å². The van der Waals surface area contributed by atoms with Gasteiger partial charge in [0.05, 0.1) is 27.6 Å². The number of aromatic nitrogens is 4. The molecule has 56 heavy (non-hydrogen) atoms. The Labute approximate surface area is 322 Å². The van der Waals surface area contributed by atoms with E-state index in [4.69, 9.17) is 9.97 Å². The van der Waals surface area contributed by atoms with Crippen LogP contribution in [-0.4, -0.2) is 19.1 Å². The van der Waals surface area contributed by atoms with Crippen molar-refractivity contribution < 1.29 is 0 Å². The van der Waals surface area contributed by atoms with Gasteiger partial charge in [-0.25, -0.2) is 9.97 Å². The SMILES string of the molecule is c1ccc(-c2ccc3c4cc5ccccc5cc4n(-c4nc(-c5ccc6c(c5)c5c7ccccc7ccc5n6-c5ccccc5)nc5ccccc45)c3c2)cc1. The molecule has 260 valence electrons. The lowest BCUT2D eigenvalue weighted by Crippen LogP contribution is -2.03. The van der Waals surface area contributed by atoms with Gasteiger partial charge in [-0.05, 0) is 99.4 Å². The standard InChI is InChI=1S/C52H32N4/c1-3-13-33(14-4-1)37-23-26-41-43-29-35-16-7-8-17-36(35)31-49(43)56(48(41)32-37)52-42-21-11-12-22-45(42)53-51(54-52)38-25-27-46-44(30-38)50-40-20-10-9-15-34(40)24-28-47(50)55(46)39-18-5-2-6-19-39/h1-32H. The monoisotopic (exact) mass is 712 g/mol. The molecule has 0 radical (unpaired) electrons. The van der Waals surface area contributed by atoms with Gasteiger partial charge in [-0.3, -0.25) is 4.57 Å². The summed E-state index contributed by atoms with van der Waals surface area (Å²) in [6, 6.07) is 69.7. The van der Waals surface area contributed by atoms with Crippen LogP contribution in [0.2, 0.25) is 0 Å². The van der Waals surface area contributed by atoms with Crippen LogP contribution in [0.5, 0.6) is 0 Å². The minimum Gasteiger partial charge on any atom is -0.309 e. The third kappa shape index (κ3) is 4.60. The molecule has 0 bridgehead atoms. The molecule has 4 nitrogen and oxygen atoms in total. The molecule has 0 N–H and O–H groups in total. The lowest BCUT2D eigenvalue weighted by Gasteiger charge is -2.13. The molecular weight excluding hydrogens is 681 g/mol. The zero-order chi connectivity index (χ0) is 36.7. The van der Waals surface area contributed by atoms with Gasteiger partial charge in [0.15, 0.2) is 5.82 Å². The van der Waals surface area contributed by atoms with Crippen molar-refractivity contribution in [3.63, 3.8) is 0 Å². The summed E-state index contributed by atoms with van der Waals surface area (Å²) in [5.74, 6) is 1.56. The Kier molecular flexibility index (Phi) is 6.60. The normalized spacial score (nSPS) is 11.9. The second-order valence-corrected chi connectivity index (χ2v) is 14.6. The third-order valence-electron chi connectivity index (χ3n) is 11.5. The first-order valence-electron chi connectivity index (χ1n) is 19.1. The van der Waals surface area contributed by atoms with Crippen molar-refractivity contribution >= 4 is 76.1 Å². The molecule has 3 aromatic heterocycles. The van der Waals surface area contributed by atoms with Gasteiger partial charge in [0.1, 0.15) is 5.82 Å². The van der Waals surface area contributed by atoms with Gasteiger partial charge in [-0.1, -0.05) is 127 Å². The van der Waals surface area contributed by atoms with E-state index < -0.39 is 0 Å². The van der Waals surface area contributed by atoms with Gasteiger partial charge in [-0.15, -0.1) is 0 Å². The molecule has 0 aliphatic heterocycles. The van der Waals surface area contributed by atoms with E-state index in [9.17, 15) is 0 Å². The van der Waals surface area contributed by atoms with Crippen molar-refractivity contribution in [1.82, 2.24) is 19.1 Å². The molecule has 0 saturated carbocycles. The van der Waals surface area contributed by atoms with E-state index in [0.717, 1.165) is 50.1 Å². The highest BCUT2D eigenvalue weighted by Crippen LogP contribution is 2.41. The first-order chi connectivity index (χ1) is 27.8. The Morgan fingerprint density at radius 3 is 1.82 bits per heavy atom. The molecule has 0 fully saturated rings. The summed E-state index contributed by atoms with van der Waals surface area (Å²) in [5.41, 5.74) is 9.90. The second-order valence-electron chi connectivity index (χ2n) is 14.6. The lowest BCUT2D eigenvalue weighted by atomic mass is 10.0. The molecule has 0 aliphatic carbocycles. The van der Waals surface area contributed by atoms with Gasteiger partial charge >= 0.3 is 0 Å². The molecule has 3 heterocycles. The third-order valence-corrected chi connectivity index (χ3v) is 11.5. The summed E-state index contributed by atoms with van der Waals surface area (Å²) >= 11 is 0. The van der Waals surface area contributed by atoms with E-state index >= 15 is 0 Å². The molecule has 0 spiro atoms. The highest BCUT2D eigenvalue weighted by molar-refractivity contribution is 6.22. The molecule has 12 rings (SSSR count). The quantitative estimate of drug-likeness (QED) is 0.182. The number of rotatable bonds is 4. The fraction of sp³-hybridized carbons (Fsp3) is 0. The van der Waals surface area contributed by atoms with Crippen LogP contribution in [0.15, 0.2) is 194 Å². The van der Waals surface area contributed by atoms with Crippen LogP contribution in [0.1, 0.15) is 0 Å². The Morgan fingerprint density at radius 2 is 0.982 bits per heavy atom. The number of benzene rings is 9. The van der Waals surface area contributed by atoms with Crippen molar-refractivity contribution in [3.05, 3.63) is 194 Å². The van der Waals surface area contributed by atoms with E-state index in [1.165, 1.54) is 54.2 Å². The smallest absolute Gasteiger partial charge is 0.162 e. The van der Waals surface area contributed by atoms with Crippen LogP contribution in [0.25, 0.3) is 110 Å². The van der Waals surface area contributed by atoms with Gasteiger partial charge in [-0.2, -0.15) is 0 Å². The number of nitrogens with zero attached hydrogens (tertiary/aromatic N) is 4. The Morgan fingerprint density at radius 1 is 0.321 bits per heavy atom. The summed E-state index contributed by atoms with van der Waals surface area (Å²) < 4.78 is 4.74. The maximum absolute atomic E-state index is 5.56. The Bertz CT molecular complexity index is 3520. The molecule has 12 aromatic rings. The molecule has 9 aromatic carbocycles. The summed E-state index contributed by atoms with van der Waals surface area (Å²) in [6.07, 6.45) is 0. The van der Waals surface area contributed by atoms with Crippen molar-refractivity contribution in [3.8, 4) is 34.0 Å². The summed E-state index contributed by atoms with van der Waals surface area (Å²) in [7, 11) is 0. The summed E-state index contributed by atoms with van der Waals surface area (Å²) in [6.45, 7) is 0. The predicted octanol–water partition coefficient (Wildman–Crippen LogP) is 13.5. The number of hydrogen-bond donors (Lipinski definition) is 0. The molecular formula is C52H32N4. The fourth-order valence-electron chi connectivity index (χ4n) is 8.89. The molecule has 0 saturated heterocycles. The summed E-state index contributed by atoms with van der Waals surface area (Å²) in [5, 5.41) is 10.7. The van der Waals surface area contributed by atoms with E-state index in [1.807, 2.05) is 0 Å². The lowest BCUT2D eigenvalue weighted by molar-refractivity contribution is 1.08. The minimum atomic E-state index is 0.691. The van der Waals surface area contributed by atoms with Crippen molar-refractivity contribution in [2.24, 2.45) is 0 Å². The van der Waals surface area contributed by atoms with Crippen LogP contribution >= 0.6 is 0 Å². The van der Waals surface area contributed by atoms with Gasteiger partial charge in [0.2, 0.25) is 0 Å². The maximum Gasteiger partial charge on any atom is 0.162 e. The van der Waals surface area contributed by atoms with Crippen molar-refractivity contribution in [2.45, 2.75) is 0 Å². The van der Waals surface area contributed by atoms with Crippen LogP contribution in [0.3, 0.4) is 0 Å². The fourth-order valence-corrected chi connectivity index (χ4v) is 8.89. The number of para-hydroxylation sites is 2. The molecule has 0 amide bonds. The first-order valence-corrected chi connectivity index (χ1v) is 19.1. The average molecular weight is 713 g/mol. The minimum absolute atomic E-state index is 0.691.